The molecule has 0 saturated carbocycles. The highest BCUT2D eigenvalue weighted by molar-refractivity contribution is 5.67. The molecule has 104 valence electrons. The van der Waals surface area contributed by atoms with Gasteiger partial charge in [0, 0.05) is 31.6 Å². The highest BCUT2D eigenvalue weighted by Crippen LogP contribution is 2.27. The van der Waals surface area contributed by atoms with Crippen molar-refractivity contribution in [3.05, 3.63) is 29.8 Å². The van der Waals surface area contributed by atoms with Crippen LogP contribution in [0.25, 0.3) is 0 Å². The molecule has 4 nitrogen and oxygen atoms in total. The number of anilines is 1. The van der Waals surface area contributed by atoms with Gasteiger partial charge >= 0.3 is 5.97 Å². The van der Waals surface area contributed by atoms with Crippen LogP contribution in [0, 0.1) is 17.6 Å². The van der Waals surface area contributed by atoms with E-state index in [9.17, 15) is 13.6 Å². The lowest BCUT2D eigenvalue weighted by atomic mass is 9.91. The Hall–Kier alpha value is -1.69. The fourth-order valence-corrected chi connectivity index (χ4v) is 2.57. The van der Waals surface area contributed by atoms with Gasteiger partial charge in [-0.3, -0.25) is 4.79 Å². The molecule has 6 heteroatoms. The third kappa shape index (κ3) is 3.41. The van der Waals surface area contributed by atoms with Crippen LogP contribution in [0.4, 0.5) is 14.5 Å². The lowest BCUT2D eigenvalue weighted by molar-refractivity contribution is -0.138. The maximum atomic E-state index is 13.7. The maximum Gasteiger partial charge on any atom is 0.303 e. The van der Waals surface area contributed by atoms with E-state index < -0.39 is 17.6 Å². The molecule has 0 aromatic heterocycles. The second-order valence-electron chi connectivity index (χ2n) is 4.96. The highest BCUT2D eigenvalue weighted by atomic mass is 19.1. The Kier molecular flexibility index (Phi) is 3.99. The standard InChI is InChI=1S/C13H16F2N2O2/c14-9-1-2-11(15)12(5-9)17-6-8(4-13(18)19)3-10(16)7-17/h1-2,5,8,10H,3-4,6-7,16H2,(H,18,19). The predicted octanol–water partition coefficient (Wildman–Crippen LogP) is 1.59. The van der Waals surface area contributed by atoms with Gasteiger partial charge in [0.1, 0.15) is 11.6 Å². The summed E-state index contributed by atoms with van der Waals surface area (Å²) in [4.78, 5) is 12.4. The molecule has 1 heterocycles. The summed E-state index contributed by atoms with van der Waals surface area (Å²) in [5.74, 6) is -2.10. The van der Waals surface area contributed by atoms with Crippen molar-refractivity contribution in [3.8, 4) is 0 Å². The number of rotatable bonds is 3. The van der Waals surface area contributed by atoms with Gasteiger partial charge in [-0.2, -0.15) is 0 Å². The first-order valence-electron chi connectivity index (χ1n) is 6.13. The number of hydrogen-bond donors (Lipinski definition) is 2. The lowest BCUT2D eigenvalue weighted by Crippen LogP contribution is -2.47. The molecule has 2 unspecified atom stereocenters. The normalized spacial score (nSPS) is 23.4. The van der Waals surface area contributed by atoms with Crippen molar-refractivity contribution in [2.24, 2.45) is 11.7 Å². The number of benzene rings is 1. The summed E-state index contributed by atoms with van der Waals surface area (Å²) in [5.41, 5.74) is 6.01. The highest BCUT2D eigenvalue weighted by Gasteiger charge is 2.28. The smallest absolute Gasteiger partial charge is 0.303 e. The number of piperidine rings is 1. The molecule has 0 amide bonds. The monoisotopic (exact) mass is 270 g/mol. The minimum Gasteiger partial charge on any atom is -0.481 e. The van der Waals surface area contributed by atoms with Crippen LogP contribution in [0.1, 0.15) is 12.8 Å². The van der Waals surface area contributed by atoms with Gasteiger partial charge in [0.05, 0.1) is 5.69 Å². The molecule has 19 heavy (non-hydrogen) atoms. The van der Waals surface area contributed by atoms with Gasteiger partial charge in [0.25, 0.3) is 0 Å². The lowest BCUT2D eigenvalue weighted by Gasteiger charge is -2.37. The van der Waals surface area contributed by atoms with Gasteiger partial charge in [0.2, 0.25) is 0 Å². The molecule has 0 spiro atoms. The SMILES string of the molecule is NC1CC(CC(=O)O)CN(c2cc(F)ccc2F)C1. The van der Waals surface area contributed by atoms with Crippen molar-refractivity contribution in [1.82, 2.24) is 0 Å². The van der Waals surface area contributed by atoms with Crippen LogP contribution in [0.15, 0.2) is 18.2 Å². The van der Waals surface area contributed by atoms with Gasteiger partial charge in [-0.25, -0.2) is 8.78 Å². The van der Waals surface area contributed by atoms with Crippen molar-refractivity contribution in [2.75, 3.05) is 18.0 Å². The van der Waals surface area contributed by atoms with Gasteiger partial charge in [-0.15, -0.1) is 0 Å². The van der Waals surface area contributed by atoms with E-state index in [4.69, 9.17) is 10.8 Å². The van der Waals surface area contributed by atoms with Gasteiger partial charge in [-0.05, 0) is 24.5 Å². The Bertz CT molecular complexity index is 482. The molecule has 2 rings (SSSR count). The topological polar surface area (TPSA) is 66.6 Å². The minimum atomic E-state index is -0.904. The number of carboxylic acid groups (broad SMARTS) is 1. The number of hydrogen-bond acceptors (Lipinski definition) is 3. The van der Waals surface area contributed by atoms with E-state index in [0.29, 0.717) is 19.5 Å². The summed E-state index contributed by atoms with van der Waals surface area (Å²) in [6, 6.07) is 3.00. The van der Waals surface area contributed by atoms with Crippen LogP contribution in [-0.4, -0.2) is 30.2 Å². The first-order valence-corrected chi connectivity index (χ1v) is 6.13. The minimum absolute atomic E-state index is 0.0128. The van der Waals surface area contributed by atoms with Crippen LogP contribution in [0.2, 0.25) is 0 Å². The Morgan fingerprint density at radius 2 is 2.16 bits per heavy atom. The van der Waals surface area contributed by atoms with E-state index >= 15 is 0 Å². The largest absolute Gasteiger partial charge is 0.481 e. The zero-order chi connectivity index (χ0) is 14.0. The summed E-state index contributed by atoms with van der Waals surface area (Å²) in [7, 11) is 0. The first kappa shape index (κ1) is 13.7. The predicted molar refractivity (Wildman–Crippen MR) is 66.9 cm³/mol. The Labute approximate surface area is 109 Å². The fourth-order valence-electron chi connectivity index (χ4n) is 2.57. The zero-order valence-corrected chi connectivity index (χ0v) is 10.4. The second kappa shape index (κ2) is 5.52. The molecule has 1 aromatic carbocycles. The molecule has 0 aliphatic carbocycles. The molecule has 1 aliphatic rings. The molecule has 1 aliphatic heterocycles. The van der Waals surface area contributed by atoms with Gasteiger partial charge < -0.3 is 15.7 Å². The van der Waals surface area contributed by atoms with Gasteiger partial charge in [0.15, 0.2) is 0 Å². The number of aliphatic carboxylic acids is 1. The van der Waals surface area contributed by atoms with E-state index in [0.717, 1.165) is 18.2 Å². The molecule has 1 aromatic rings. The van der Waals surface area contributed by atoms with E-state index in [1.54, 1.807) is 4.90 Å². The van der Waals surface area contributed by atoms with E-state index in [1.165, 1.54) is 0 Å². The molecule has 3 N–H and O–H groups in total. The van der Waals surface area contributed by atoms with E-state index in [2.05, 4.69) is 0 Å². The zero-order valence-electron chi connectivity index (χ0n) is 10.4. The third-order valence-electron chi connectivity index (χ3n) is 3.28. The first-order chi connectivity index (χ1) is 8.95. The van der Waals surface area contributed by atoms with Gasteiger partial charge in [-0.1, -0.05) is 0 Å². The van der Waals surface area contributed by atoms with Crippen molar-refractivity contribution in [3.63, 3.8) is 0 Å². The molecule has 0 bridgehead atoms. The summed E-state index contributed by atoms with van der Waals surface area (Å²) in [6.07, 6.45) is 0.570. The van der Waals surface area contributed by atoms with E-state index in [-0.39, 0.29) is 24.1 Å². The molecule has 2 atom stereocenters. The Balaban J connectivity index is 2.18. The number of nitrogens with two attached hydrogens (primary N) is 1. The number of carboxylic acids is 1. The molecular formula is C13H16F2N2O2. The molecular weight excluding hydrogens is 254 g/mol. The van der Waals surface area contributed by atoms with Crippen molar-refractivity contribution in [1.29, 1.82) is 0 Å². The Morgan fingerprint density at radius 1 is 1.42 bits per heavy atom. The Morgan fingerprint density at radius 3 is 2.84 bits per heavy atom. The third-order valence-corrected chi connectivity index (χ3v) is 3.28. The quantitative estimate of drug-likeness (QED) is 0.875. The van der Waals surface area contributed by atoms with Crippen molar-refractivity contribution < 1.29 is 18.7 Å². The van der Waals surface area contributed by atoms with Crippen LogP contribution in [-0.2, 0) is 4.79 Å². The maximum absolute atomic E-state index is 13.7. The number of carbonyl (C=O) groups is 1. The van der Waals surface area contributed by atoms with Crippen LogP contribution >= 0.6 is 0 Å². The second-order valence-corrected chi connectivity index (χ2v) is 4.96. The summed E-state index contributed by atoms with van der Waals surface area (Å²) in [5, 5.41) is 8.81. The average Bonchev–Trinajstić information content (AvgIpc) is 2.30. The van der Waals surface area contributed by atoms with Crippen LogP contribution in [0.3, 0.4) is 0 Å². The summed E-state index contributed by atoms with van der Waals surface area (Å²) < 4.78 is 26.9. The fraction of sp³-hybridized carbons (Fsp3) is 0.462. The summed E-state index contributed by atoms with van der Waals surface area (Å²) in [6.45, 7) is 0.775. The van der Waals surface area contributed by atoms with Crippen LogP contribution < -0.4 is 10.6 Å². The summed E-state index contributed by atoms with van der Waals surface area (Å²) >= 11 is 0. The molecule has 1 saturated heterocycles. The molecule has 0 radical (unpaired) electrons. The average molecular weight is 270 g/mol. The van der Waals surface area contributed by atoms with Crippen molar-refractivity contribution >= 4 is 11.7 Å². The number of halogens is 2. The molecule has 1 fully saturated rings. The number of nitrogens with zero attached hydrogens (tertiary/aromatic N) is 1. The van der Waals surface area contributed by atoms with E-state index in [1.807, 2.05) is 0 Å². The van der Waals surface area contributed by atoms with Crippen molar-refractivity contribution in [2.45, 2.75) is 18.9 Å². The van der Waals surface area contributed by atoms with Crippen LogP contribution in [0.5, 0.6) is 0 Å².